The van der Waals surface area contributed by atoms with E-state index in [9.17, 15) is 4.79 Å². The third-order valence-corrected chi connectivity index (χ3v) is 4.54. The first kappa shape index (κ1) is 16.7. The van der Waals surface area contributed by atoms with Crippen LogP contribution in [0.25, 0.3) is 0 Å². The summed E-state index contributed by atoms with van der Waals surface area (Å²) in [5.74, 6) is 0.240. The van der Waals surface area contributed by atoms with Gasteiger partial charge in [0, 0.05) is 51.5 Å². The van der Waals surface area contributed by atoms with Crippen LogP contribution in [0, 0.1) is 6.92 Å². The predicted octanol–water partition coefficient (Wildman–Crippen LogP) is 2.01. The van der Waals surface area contributed by atoms with Crippen molar-refractivity contribution in [3.8, 4) is 0 Å². The van der Waals surface area contributed by atoms with Gasteiger partial charge in [-0.15, -0.1) is 0 Å². The van der Waals surface area contributed by atoms with Gasteiger partial charge in [0.25, 0.3) is 0 Å². The van der Waals surface area contributed by atoms with Crippen molar-refractivity contribution < 1.29 is 4.79 Å². The number of carbonyl (C=O) groups is 1. The summed E-state index contributed by atoms with van der Waals surface area (Å²) in [6.07, 6.45) is 5.52. The third-order valence-electron chi connectivity index (χ3n) is 4.54. The monoisotopic (exact) mass is 326 g/mol. The Bertz CT molecular complexity index is 694. The molecule has 1 amide bonds. The number of hydrogen-bond acceptors (Lipinski definition) is 3. The van der Waals surface area contributed by atoms with E-state index in [-0.39, 0.29) is 5.91 Å². The van der Waals surface area contributed by atoms with Crippen LogP contribution in [-0.2, 0) is 24.8 Å². The minimum atomic E-state index is 0.240. The number of amides is 1. The Kier molecular flexibility index (Phi) is 5.30. The Morgan fingerprint density at radius 2 is 2.04 bits per heavy atom. The molecule has 1 aliphatic heterocycles. The summed E-state index contributed by atoms with van der Waals surface area (Å²) in [6, 6.07) is 8.23. The molecule has 0 saturated carbocycles. The van der Waals surface area contributed by atoms with Gasteiger partial charge in [0.1, 0.15) is 0 Å². The van der Waals surface area contributed by atoms with Gasteiger partial charge in [0.2, 0.25) is 5.91 Å². The first-order chi connectivity index (χ1) is 11.6. The normalized spacial score (nSPS) is 16.2. The molecule has 2 heterocycles. The molecule has 0 atom stereocenters. The molecule has 1 fully saturated rings. The fraction of sp³-hybridized carbons (Fsp3) is 0.474. The van der Waals surface area contributed by atoms with Crippen LogP contribution in [0.5, 0.6) is 0 Å². The standard InChI is InChI=1S/C19H26N4O/c1-16-5-3-6-17(11-16)12-19(24)23-8-4-7-22(9-10-23)15-18-13-20-21(2)14-18/h3,5-6,11,13-14H,4,7-10,12,15H2,1-2H3. The van der Waals surface area contributed by atoms with Crippen LogP contribution in [0.1, 0.15) is 23.1 Å². The predicted molar refractivity (Wildman–Crippen MR) is 94.6 cm³/mol. The van der Waals surface area contributed by atoms with Crippen LogP contribution < -0.4 is 0 Å². The molecule has 5 nitrogen and oxygen atoms in total. The highest BCUT2D eigenvalue weighted by Gasteiger charge is 2.19. The minimum Gasteiger partial charge on any atom is -0.341 e. The summed E-state index contributed by atoms with van der Waals surface area (Å²) in [5, 5.41) is 4.23. The zero-order chi connectivity index (χ0) is 16.9. The summed E-state index contributed by atoms with van der Waals surface area (Å²) in [4.78, 5) is 17.0. The summed E-state index contributed by atoms with van der Waals surface area (Å²) >= 11 is 0. The lowest BCUT2D eigenvalue weighted by atomic mass is 10.1. The van der Waals surface area contributed by atoms with E-state index < -0.39 is 0 Å². The molecule has 1 aliphatic rings. The fourth-order valence-corrected chi connectivity index (χ4v) is 3.30. The average Bonchev–Trinajstić information content (AvgIpc) is 2.81. The number of carbonyl (C=O) groups excluding carboxylic acids is 1. The number of aryl methyl sites for hydroxylation is 2. The highest BCUT2D eigenvalue weighted by molar-refractivity contribution is 5.78. The van der Waals surface area contributed by atoms with E-state index in [2.05, 4.69) is 35.3 Å². The Balaban J connectivity index is 1.53. The van der Waals surface area contributed by atoms with Crippen molar-refractivity contribution in [2.75, 3.05) is 26.2 Å². The van der Waals surface area contributed by atoms with Crippen LogP contribution in [-0.4, -0.2) is 51.7 Å². The largest absolute Gasteiger partial charge is 0.341 e. The number of nitrogens with zero attached hydrogens (tertiary/aromatic N) is 4. The van der Waals surface area contributed by atoms with Crippen LogP contribution in [0.3, 0.4) is 0 Å². The molecular weight excluding hydrogens is 300 g/mol. The minimum absolute atomic E-state index is 0.240. The molecule has 0 spiro atoms. The Morgan fingerprint density at radius 3 is 2.79 bits per heavy atom. The number of rotatable bonds is 4. The van der Waals surface area contributed by atoms with Crippen LogP contribution in [0.4, 0.5) is 0 Å². The van der Waals surface area contributed by atoms with E-state index in [1.165, 1.54) is 11.1 Å². The van der Waals surface area contributed by atoms with E-state index in [4.69, 9.17) is 0 Å². The molecule has 1 aromatic heterocycles. The highest BCUT2D eigenvalue weighted by Crippen LogP contribution is 2.11. The zero-order valence-corrected chi connectivity index (χ0v) is 14.6. The highest BCUT2D eigenvalue weighted by atomic mass is 16.2. The van der Waals surface area contributed by atoms with Crippen LogP contribution in [0.15, 0.2) is 36.7 Å². The molecule has 0 N–H and O–H groups in total. The maximum Gasteiger partial charge on any atom is 0.227 e. The first-order valence-electron chi connectivity index (χ1n) is 8.63. The number of hydrogen-bond donors (Lipinski definition) is 0. The van der Waals surface area contributed by atoms with Crippen LogP contribution in [0.2, 0.25) is 0 Å². The number of benzene rings is 1. The second-order valence-corrected chi connectivity index (χ2v) is 6.70. The van der Waals surface area contributed by atoms with E-state index >= 15 is 0 Å². The molecule has 3 rings (SSSR count). The summed E-state index contributed by atoms with van der Waals surface area (Å²) in [6.45, 7) is 6.60. The average molecular weight is 326 g/mol. The van der Waals surface area contributed by atoms with Gasteiger partial charge in [0.15, 0.2) is 0 Å². The topological polar surface area (TPSA) is 41.4 Å². The van der Waals surface area contributed by atoms with Crippen molar-refractivity contribution >= 4 is 5.91 Å². The van der Waals surface area contributed by atoms with Crippen LogP contribution >= 0.6 is 0 Å². The summed E-state index contributed by atoms with van der Waals surface area (Å²) < 4.78 is 1.84. The van der Waals surface area contributed by atoms with Crippen molar-refractivity contribution in [2.24, 2.45) is 7.05 Å². The lowest BCUT2D eigenvalue weighted by Gasteiger charge is -2.22. The molecule has 0 aliphatic carbocycles. The van der Waals surface area contributed by atoms with Gasteiger partial charge in [-0.3, -0.25) is 14.4 Å². The fourth-order valence-electron chi connectivity index (χ4n) is 3.30. The summed E-state index contributed by atoms with van der Waals surface area (Å²) in [5.41, 5.74) is 3.55. The molecule has 128 valence electrons. The summed E-state index contributed by atoms with van der Waals surface area (Å²) in [7, 11) is 1.94. The van der Waals surface area contributed by atoms with Gasteiger partial charge in [-0.25, -0.2) is 0 Å². The smallest absolute Gasteiger partial charge is 0.227 e. The molecule has 2 aromatic rings. The molecule has 0 radical (unpaired) electrons. The van der Waals surface area contributed by atoms with E-state index in [1.54, 1.807) is 0 Å². The van der Waals surface area contributed by atoms with E-state index in [1.807, 2.05) is 35.0 Å². The maximum absolute atomic E-state index is 12.6. The van der Waals surface area contributed by atoms with Crippen molar-refractivity contribution in [1.82, 2.24) is 19.6 Å². The lowest BCUT2D eigenvalue weighted by molar-refractivity contribution is -0.130. The Hall–Kier alpha value is -2.14. The van der Waals surface area contributed by atoms with E-state index in [0.717, 1.165) is 44.7 Å². The Labute approximate surface area is 143 Å². The second kappa shape index (κ2) is 7.62. The second-order valence-electron chi connectivity index (χ2n) is 6.70. The molecule has 0 unspecified atom stereocenters. The van der Waals surface area contributed by atoms with Crippen molar-refractivity contribution in [3.05, 3.63) is 53.3 Å². The molecule has 5 heteroatoms. The first-order valence-corrected chi connectivity index (χ1v) is 8.63. The van der Waals surface area contributed by atoms with Gasteiger partial charge in [-0.05, 0) is 18.9 Å². The Morgan fingerprint density at radius 1 is 1.17 bits per heavy atom. The molecule has 0 bridgehead atoms. The van der Waals surface area contributed by atoms with Crippen molar-refractivity contribution in [1.29, 1.82) is 0 Å². The number of aromatic nitrogens is 2. The van der Waals surface area contributed by atoms with Gasteiger partial charge < -0.3 is 4.90 Å². The molecular formula is C19H26N4O. The molecule has 1 saturated heterocycles. The lowest BCUT2D eigenvalue weighted by Crippen LogP contribution is -2.36. The van der Waals surface area contributed by atoms with E-state index in [0.29, 0.717) is 6.42 Å². The third kappa shape index (κ3) is 4.45. The van der Waals surface area contributed by atoms with Gasteiger partial charge in [-0.1, -0.05) is 29.8 Å². The van der Waals surface area contributed by atoms with Gasteiger partial charge in [0.05, 0.1) is 12.6 Å². The quantitative estimate of drug-likeness (QED) is 0.863. The van der Waals surface area contributed by atoms with Crippen molar-refractivity contribution in [3.63, 3.8) is 0 Å². The zero-order valence-electron chi connectivity index (χ0n) is 14.6. The maximum atomic E-state index is 12.6. The molecule has 24 heavy (non-hydrogen) atoms. The van der Waals surface area contributed by atoms with Gasteiger partial charge in [-0.2, -0.15) is 5.10 Å². The SMILES string of the molecule is Cc1cccc(CC(=O)N2CCCN(Cc3cnn(C)c3)CC2)c1. The van der Waals surface area contributed by atoms with Crippen molar-refractivity contribution in [2.45, 2.75) is 26.3 Å². The molecule has 1 aromatic carbocycles. The van der Waals surface area contributed by atoms with Gasteiger partial charge >= 0.3 is 0 Å².